The number of hydrogen-bond donors (Lipinski definition) is 1. The summed E-state index contributed by atoms with van der Waals surface area (Å²) in [6, 6.07) is 10.4. The van der Waals surface area contributed by atoms with Gasteiger partial charge in [0.05, 0.1) is 13.5 Å². The van der Waals surface area contributed by atoms with E-state index in [0.29, 0.717) is 5.69 Å². The molecule has 2 amide bonds. The summed E-state index contributed by atoms with van der Waals surface area (Å²) in [4.78, 5) is 43.6. The van der Waals surface area contributed by atoms with Gasteiger partial charge in [0.25, 0.3) is 0 Å². The van der Waals surface area contributed by atoms with Crippen LogP contribution in [0.4, 0.5) is 14.5 Å². The van der Waals surface area contributed by atoms with Crippen molar-refractivity contribution in [2.24, 2.45) is 0 Å². The minimum atomic E-state index is -3.12. The minimum Gasteiger partial charge on any atom is -0.469 e. The summed E-state index contributed by atoms with van der Waals surface area (Å²) in [5.41, 5.74) is 0.939. The predicted octanol–water partition coefficient (Wildman–Crippen LogP) is 3.95. The summed E-state index contributed by atoms with van der Waals surface area (Å²) >= 11 is 0. The van der Waals surface area contributed by atoms with E-state index in [1.807, 2.05) is 32.0 Å². The quantitative estimate of drug-likeness (QED) is 0.413. The molecule has 1 aromatic heterocycles. The van der Waals surface area contributed by atoms with Gasteiger partial charge in [-0.15, -0.1) is 0 Å². The second kappa shape index (κ2) is 10.8. The molecule has 10 heteroatoms. The number of methoxy groups -OCH3 is 1. The zero-order valence-electron chi connectivity index (χ0n) is 20.6. The standard InChI is InChI=1S/C26H29F2N3O5/c1-15(2)18-8-6-7-9-19(18)26(13-31(14-26)23(33)16(3)12-21(32)35-5)24(34)30-20-11-10-17(4)29-22(20)36-25(27)28/h6-11,15,25H,3,12-14H2,1-2,4-5H3,(H,30,34). The molecule has 0 atom stereocenters. The van der Waals surface area contributed by atoms with Crippen molar-refractivity contribution in [1.29, 1.82) is 0 Å². The van der Waals surface area contributed by atoms with Crippen LogP contribution in [0.5, 0.6) is 5.88 Å². The Morgan fingerprint density at radius 3 is 2.44 bits per heavy atom. The number of halogens is 2. The lowest BCUT2D eigenvalue weighted by atomic mass is 9.69. The Morgan fingerprint density at radius 1 is 1.17 bits per heavy atom. The molecule has 8 nitrogen and oxygen atoms in total. The fraction of sp³-hybridized carbons (Fsp3) is 0.385. The third-order valence-electron chi connectivity index (χ3n) is 6.08. The molecule has 0 bridgehead atoms. The van der Waals surface area contributed by atoms with Gasteiger partial charge >= 0.3 is 12.6 Å². The molecule has 1 saturated heterocycles. The summed E-state index contributed by atoms with van der Waals surface area (Å²) in [6.45, 7) is 6.16. The number of carbonyl (C=O) groups is 3. The molecule has 0 spiro atoms. The first-order valence-corrected chi connectivity index (χ1v) is 11.4. The van der Waals surface area contributed by atoms with Crippen molar-refractivity contribution in [3.63, 3.8) is 0 Å². The number of alkyl halides is 2. The van der Waals surface area contributed by atoms with Crippen molar-refractivity contribution in [2.75, 3.05) is 25.5 Å². The van der Waals surface area contributed by atoms with Gasteiger partial charge in [0.1, 0.15) is 11.1 Å². The number of nitrogens with zero attached hydrogens (tertiary/aromatic N) is 2. The lowest BCUT2D eigenvalue weighted by Crippen LogP contribution is -2.66. The molecular weight excluding hydrogens is 472 g/mol. The van der Waals surface area contributed by atoms with Crippen molar-refractivity contribution in [3.05, 3.63) is 65.4 Å². The van der Waals surface area contributed by atoms with Crippen LogP contribution in [-0.4, -0.2) is 54.5 Å². The van der Waals surface area contributed by atoms with Crippen LogP contribution in [0.3, 0.4) is 0 Å². The van der Waals surface area contributed by atoms with Crippen LogP contribution >= 0.6 is 0 Å². The molecule has 1 aliphatic rings. The molecule has 3 rings (SSSR count). The summed E-state index contributed by atoms with van der Waals surface area (Å²) in [5.74, 6) is -1.89. The average Bonchev–Trinajstić information content (AvgIpc) is 2.79. The number of aryl methyl sites for hydroxylation is 1. The van der Waals surface area contributed by atoms with Crippen molar-refractivity contribution < 1.29 is 32.6 Å². The Balaban J connectivity index is 1.95. The van der Waals surface area contributed by atoms with Gasteiger partial charge < -0.3 is 19.7 Å². The number of aromatic nitrogens is 1. The van der Waals surface area contributed by atoms with E-state index in [2.05, 4.69) is 26.4 Å². The number of anilines is 1. The highest BCUT2D eigenvalue weighted by Gasteiger charge is 2.53. The molecule has 0 aliphatic carbocycles. The maximum absolute atomic E-state index is 13.8. The largest absolute Gasteiger partial charge is 0.469 e. The number of amides is 2. The first kappa shape index (κ1) is 26.8. The fourth-order valence-corrected chi connectivity index (χ4v) is 4.21. The Hall–Kier alpha value is -3.82. The number of likely N-dealkylation sites (tertiary alicyclic amines) is 1. The van der Waals surface area contributed by atoms with Crippen LogP contribution < -0.4 is 10.1 Å². The van der Waals surface area contributed by atoms with Gasteiger partial charge in [0.2, 0.25) is 17.7 Å². The second-order valence-corrected chi connectivity index (χ2v) is 8.98. The number of esters is 1. The van der Waals surface area contributed by atoms with Crippen molar-refractivity contribution >= 4 is 23.5 Å². The normalized spacial score (nSPS) is 14.3. The van der Waals surface area contributed by atoms with Gasteiger partial charge in [-0.1, -0.05) is 44.7 Å². The summed E-state index contributed by atoms with van der Waals surface area (Å²) in [6.07, 6.45) is -0.267. The molecule has 192 valence electrons. The lowest BCUT2D eigenvalue weighted by molar-refractivity contribution is -0.144. The van der Waals surface area contributed by atoms with Crippen LogP contribution in [0.1, 0.15) is 43.0 Å². The maximum atomic E-state index is 13.8. The number of hydrogen-bond acceptors (Lipinski definition) is 6. The summed E-state index contributed by atoms with van der Waals surface area (Å²) in [5, 5.41) is 2.69. The zero-order chi connectivity index (χ0) is 26.6. The molecule has 1 fully saturated rings. The highest BCUT2D eigenvalue weighted by atomic mass is 19.3. The number of nitrogens with one attached hydrogen (secondary N) is 1. The number of carbonyl (C=O) groups excluding carboxylic acids is 3. The summed E-state index contributed by atoms with van der Waals surface area (Å²) in [7, 11) is 1.22. The van der Waals surface area contributed by atoms with Crippen molar-refractivity contribution in [1.82, 2.24) is 9.88 Å². The first-order chi connectivity index (χ1) is 17.0. The molecule has 1 aromatic carbocycles. The van der Waals surface area contributed by atoms with E-state index in [0.717, 1.165) is 11.1 Å². The number of rotatable bonds is 9. The number of ether oxygens (including phenoxy) is 2. The van der Waals surface area contributed by atoms with Crippen LogP contribution in [0.25, 0.3) is 0 Å². The Kier molecular flexibility index (Phi) is 8.07. The highest BCUT2D eigenvalue weighted by Crippen LogP contribution is 2.41. The van der Waals surface area contributed by atoms with Gasteiger partial charge in [0, 0.05) is 24.4 Å². The van der Waals surface area contributed by atoms with Crippen LogP contribution in [-0.2, 0) is 24.5 Å². The molecule has 0 radical (unpaired) electrons. The monoisotopic (exact) mass is 501 g/mol. The minimum absolute atomic E-state index is 0.00587. The first-order valence-electron chi connectivity index (χ1n) is 11.4. The Labute approximate surface area is 208 Å². The van der Waals surface area contributed by atoms with E-state index in [1.54, 1.807) is 19.1 Å². The van der Waals surface area contributed by atoms with E-state index in [1.165, 1.54) is 18.1 Å². The Morgan fingerprint density at radius 2 is 1.83 bits per heavy atom. The maximum Gasteiger partial charge on any atom is 0.388 e. The molecule has 0 saturated carbocycles. The topological polar surface area (TPSA) is 97.8 Å². The van der Waals surface area contributed by atoms with Gasteiger partial charge in [-0.05, 0) is 36.1 Å². The van der Waals surface area contributed by atoms with Gasteiger partial charge in [0.15, 0.2) is 0 Å². The van der Waals surface area contributed by atoms with Crippen LogP contribution in [0.2, 0.25) is 0 Å². The molecule has 1 N–H and O–H groups in total. The van der Waals surface area contributed by atoms with Gasteiger partial charge in [-0.3, -0.25) is 14.4 Å². The zero-order valence-corrected chi connectivity index (χ0v) is 20.6. The molecule has 2 aromatic rings. The average molecular weight is 502 g/mol. The molecule has 0 unspecified atom stereocenters. The van der Waals surface area contributed by atoms with Crippen molar-refractivity contribution in [3.8, 4) is 5.88 Å². The SMILES string of the molecule is C=C(CC(=O)OC)C(=O)N1CC(C(=O)Nc2ccc(C)nc2OC(F)F)(c2ccccc2C(C)C)C1. The lowest BCUT2D eigenvalue weighted by Gasteiger charge is -2.50. The smallest absolute Gasteiger partial charge is 0.388 e. The third kappa shape index (κ3) is 5.53. The van der Waals surface area contributed by atoms with E-state index in [-0.39, 0.29) is 36.7 Å². The molecule has 36 heavy (non-hydrogen) atoms. The number of benzene rings is 1. The third-order valence-corrected chi connectivity index (χ3v) is 6.08. The van der Waals surface area contributed by atoms with Crippen molar-refractivity contribution in [2.45, 2.75) is 45.1 Å². The predicted molar refractivity (Wildman–Crippen MR) is 129 cm³/mol. The number of pyridine rings is 1. The van der Waals surface area contributed by atoms with E-state index in [4.69, 9.17) is 0 Å². The molecule has 1 aliphatic heterocycles. The summed E-state index contributed by atoms with van der Waals surface area (Å²) < 4.78 is 35.0. The highest BCUT2D eigenvalue weighted by molar-refractivity contribution is 6.04. The van der Waals surface area contributed by atoms with Crippen LogP contribution in [0.15, 0.2) is 48.6 Å². The van der Waals surface area contributed by atoms with Crippen LogP contribution in [0, 0.1) is 6.92 Å². The second-order valence-electron chi connectivity index (χ2n) is 8.98. The van der Waals surface area contributed by atoms with E-state index in [9.17, 15) is 23.2 Å². The van der Waals surface area contributed by atoms with E-state index >= 15 is 0 Å². The van der Waals surface area contributed by atoms with Gasteiger partial charge in [-0.2, -0.15) is 8.78 Å². The Bertz CT molecular complexity index is 1180. The fourth-order valence-electron chi connectivity index (χ4n) is 4.21. The molecular formula is C26H29F2N3O5. The van der Waals surface area contributed by atoms with E-state index < -0.39 is 35.7 Å². The molecule has 2 heterocycles. The van der Waals surface area contributed by atoms with Gasteiger partial charge in [-0.25, -0.2) is 4.98 Å².